The Morgan fingerprint density at radius 1 is 1.15 bits per heavy atom. The lowest BCUT2D eigenvalue weighted by atomic mass is 10.1. The molecule has 0 saturated carbocycles. The van der Waals surface area contributed by atoms with Gasteiger partial charge in [-0.2, -0.15) is 0 Å². The maximum absolute atomic E-state index is 13.0. The van der Waals surface area contributed by atoms with Crippen LogP contribution in [0.4, 0.5) is 17.2 Å². The molecule has 4 rings (SSSR count). The summed E-state index contributed by atoms with van der Waals surface area (Å²) in [4.78, 5) is 45.2. The Hall–Kier alpha value is -3.95. The van der Waals surface area contributed by atoms with Crippen molar-refractivity contribution in [1.82, 2.24) is 9.55 Å². The Kier molecular flexibility index (Phi) is 6.25. The highest BCUT2D eigenvalue weighted by Crippen LogP contribution is 2.33. The van der Waals surface area contributed by atoms with Gasteiger partial charge in [0.1, 0.15) is 17.1 Å². The molecule has 0 radical (unpaired) electrons. The van der Waals surface area contributed by atoms with Crippen molar-refractivity contribution < 1.29 is 14.5 Å². The molecule has 0 spiro atoms. The third-order valence-electron chi connectivity index (χ3n) is 5.80. The number of nitro groups is 1. The molecule has 1 fully saturated rings. The zero-order valence-electron chi connectivity index (χ0n) is 18.6. The van der Waals surface area contributed by atoms with E-state index in [4.69, 9.17) is 4.74 Å². The zero-order valence-corrected chi connectivity index (χ0v) is 18.6. The van der Waals surface area contributed by atoms with Crippen molar-refractivity contribution in [2.45, 2.75) is 20.4 Å². The van der Waals surface area contributed by atoms with Crippen molar-refractivity contribution in [2.75, 3.05) is 42.6 Å². The molecule has 0 N–H and O–H groups in total. The van der Waals surface area contributed by atoms with Crippen LogP contribution >= 0.6 is 0 Å². The van der Waals surface area contributed by atoms with Crippen LogP contribution in [0.2, 0.25) is 0 Å². The summed E-state index contributed by atoms with van der Waals surface area (Å²) in [6, 6.07) is 8.70. The predicted molar refractivity (Wildman–Crippen MR) is 125 cm³/mol. The van der Waals surface area contributed by atoms with Gasteiger partial charge in [-0.15, -0.1) is 0 Å². The highest BCUT2D eigenvalue weighted by atomic mass is 16.6. The molecule has 0 bridgehead atoms. The highest BCUT2D eigenvalue weighted by Gasteiger charge is 2.27. The van der Waals surface area contributed by atoms with Crippen LogP contribution in [0.15, 0.2) is 47.5 Å². The normalized spacial score (nSPS) is 13.9. The molecule has 1 aromatic carbocycles. The van der Waals surface area contributed by atoms with Crippen molar-refractivity contribution in [2.24, 2.45) is 0 Å². The summed E-state index contributed by atoms with van der Waals surface area (Å²) >= 11 is 0. The molecule has 3 aromatic rings. The van der Waals surface area contributed by atoms with Gasteiger partial charge in [0.2, 0.25) is 5.43 Å². The fourth-order valence-electron chi connectivity index (χ4n) is 4.15. The van der Waals surface area contributed by atoms with Crippen molar-refractivity contribution in [1.29, 1.82) is 0 Å². The number of hydrogen-bond donors (Lipinski definition) is 0. The van der Waals surface area contributed by atoms with E-state index in [1.54, 1.807) is 23.8 Å². The lowest BCUT2D eigenvalue weighted by Crippen LogP contribution is -2.47. The van der Waals surface area contributed by atoms with E-state index in [9.17, 15) is 19.7 Å². The van der Waals surface area contributed by atoms with Crippen LogP contribution in [0.25, 0.3) is 10.9 Å². The van der Waals surface area contributed by atoms with Gasteiger partial charge in [-0.1, -0.05) is 6.07 Å². The number of carbonyl (C=O) groups excluding carboxylic acids is 1. The molecular weight excluding hydrogens is 426 g/mol. The molecule has 172 valence electrons. The quantitative estimate of drug-likeness (QED) is 0.320. The highest BCUT2D eigenvalue weighted by molar-refractivity contribution is 5.96. The van der Waals surface area contributed by atoms with Gasteiger partial charge in [0, 0.05) is 51.2 Å². The van der Waals surface area contributed by atoms with E-state index >= 15 is 0 Å². The first-order valence-corrected chi connectivity index (χ1v) is 10.9. The summed E-state index contributed by atoms with van der Waals surface area (Å²) in [6.07, 6.45) is 3.21. The minimum atomic E-state index is -0.732. The second-order valence-electron chi connectivity index (χ2n) is 7.66. The number of pyridine rings is 2. The number of nitro benzene ring substituents is 1. The zero-order chi connectivity index (χ0) is 23.5. The van der Waals surface area contributed by atoms with Crippen LogP contribution in [-0.4, -0.2) is 53.2 Å². The van der Waals surface area contributed by atoms with E-state index in [0.717, 1.165) is 5.82 Å². The average Bonchev–Trinajstić information content (AvgIpc) is 2.84. The first kappa shape index (κ1) is 22.3. The van der Waals surface area contributed by atoms with E-state index in [1.165, 1.54) is 12.3 Å². The van der Waals surface area contributed by atoms with Gasteiger partial charge in [-0.3, -0.25) is 14.9 Å². The van der Waals surface area contributed by atoms with E-state index in [0.29, 0.717) is 43.9 Å². The number of anilines is 2. The van der Waals surface area contributed by atoms with Crippen LogP contribution in [0.5, 0.6) is 0 Å². The van der Waals surface area contributed by atoms with Crippen LogP contribution in [-0.2, 0) is 11.3 Å². The van der Waals surface area contributed by atoms with Crippen LogP contribution in [0.1, 0.15) is 24.2 Å². The molecule has 1 saturated heterocycles. The Labute approximate surface area is 190 Å². The third-order valence-corrected chi connectivity index (χ3v) is 5.80. The maximum atomic E-state index is 13.0. The SMILES string of the molecule is CCOC(=O)c1cn(CC)c2cc(N3CCN(c4ccccn4)CC3)c([N+](=O)[O-])cc2c1=O. The molecule has 0 amide bonds. The van der Waals surface area contributed by atoms with Crippen molar-refractivity contribution in [3.05, 3.63) is 68.6 Å². The molecule has 2 aromatic heterocycles. The number of benzene rings is 1. The fourth-order valence-corrected chi connectivity index (χ4v) is 4.15. The van der Waals surface area contributed by atoms with Crippen LogP contribution in [0, 0.1) is 10.1 Å². The van der Waals surface area contributed by atoms with Gasteiger partial charge in [0.25, 0.3) is 5.69 Å². The van der Waals surface area contributed by atoms with E-state index in [1.807, 2.05) is 30.0 Å². The van der Waals surface area contributed by atoms with Crippen molar-refractivity contribution in [3.63, 3.8) is 0 Å². The molecule has 0 atom stereocenters. The largest absolute Gasteiger partial charge is 0.462 e. The number of hydrogen-bond acceptors (Lipinski definition) is 8. The molecule has 1 aliphatic rings. The van der Waals surface area contributed by atoms with Gasteiger partial charge in [0.15, 0.2) is 0 Å². The van der Waals surface area contributed by atoms with Gasteiger partial charge < -0.3 is 19.1 Å². The van der Waals surface area contributed by atoms with E-state index in [2.05, 4.69) is 9.88 Å². The van der Waals surface area contributed by atoms with Gasteiger partial charge in [-0.05, 0) is 32.0 Å². The summed E-state index contributed by atoms with van der Waals surface area (Å²) < 4.78 is 6.75. The smallest absolute Gasteiger partial charge is 0.343 e. The lowest BCUT2D eigenvalue weighted by molar-refractivity contribution is -0.384. The van der Waals surface area contributed by atoms with Gasteiger partial charge >= 0.3 is 5.97 Å². The number of piperazine rings is 1. The first-order valence-electron chi connectivity index (χ1n) is 10.9. The van der Waals surface area contributed by atoms with Crippen molar-refractivity contribution >= 4 is 34.1 Å². The minimum Gasteiger partial charge on any atom is -0.462 e. The molecule has 0 aliphatic carbocycles. The predicted octanol–water partition coefficient (Wildman–Crippen LogP) is 2.83. The molecule has 3 heterocycles. The number of carbonyl (C=O) groups is 1. The molecule has 10 nitrogen and oxygen atoms in total. The first-order chi connectivity index (χ1) is 15.9. The van der Waals surface area contributed by atoms with Gasteiger partial charge in [-0.25, -0.2) is 9.78 Å². The number of aryl methyl sites for hydroxylation is 1. The number of aromatic nitrogens is 2. The topological polar surface area (TPSA) is 111 Å². The second kappa shape index (κ2) is 9.27. The summed E-state index contributed by atoms with van der Waals surface area (Å²) in [5.41, 5.74) is 0.150. The van der Waals surface area contributed by atoms with E-state index < -0.39 is 16.3 Å². The number of nitrogens with zero attached hydrogens (tertiary/aromatic N) is 5. The van der Waals surface area contributed by atoms with Gasteiger partial charge in [0.05, 0.1) is 22.4 Å². The summed E-state index contributed by atoms with van der Waals surface area (Å²) in [7, 11) is 0. The molecule has 1 aliphatic heterocycles. The Morgan fingerprint density at radius 2 is 1.88 bits per heavy atom. The standard InChI is InChI=1S/C23H25N5O5/c1-3-25-15-17(23(30)33-4-2)22(29)16-13-20(28(31)32)19(14-18(16)25)26-9-11-27(12-10-26)21-7-5-6-8-24-21/h5-8,13-15H,3-4,9-12H2,1-2H3. The molecule has 10 heteroatoms. The molecular formula is C23H25N5O5. The number of rotatable bonds is 6. The Bertz CT molecular complexity index is 1250. The summed E-state index contributed by atoms with van der Waals surface area (Å²) in [6.45, 7) is 6.61. The summed E-state index contributed by atoms with van der Waals surface area (Å²) in [5.74, 6) is 0.139. The maximum Gasteiger partial charge on any atom is 0.343 e. The third kappa shape index (κ3) is 4.23. The Morgan fingerprint density at radius 3 is 2.48 bits per heavy atom. The second-order valence-corrected chi connectivity index (χ2v) is 7.66. The fraction of sp³-hybridized carbons (Fsp3) is 0.348. The minimum absolute atomic E-state index is 0.128. The average molecular weight is 451 g/mol. The number of ether oxygens (including phenoxy) is 1. The van der Waals surface area contributed by atoms with E-state index in [-0.39, 0.29) is 23.2 Å². The number of fused-ring (bicyclic) bond motifs is 1. The monoisotopic (exact) mass is 451 g/mol. The lowest BCUT2D eigenvalue weighted by Gasteiger charge is -2.36. The Balaban J connectivity index is 1.75. The molecule has 33 heavy (non-hydrogen) atoms. The number of esters is 1. The van der Waals surface area contributed by atoms with Crippen molar-refractivity contribution in [3.8, 4) is 0 Å². The van der Waals surface area contributed by atoms with Crippen LogP contribution < -0.4 is 15.2 Å². The molecule has 0 unspecified atom stereocenters. The summed E-state index contributed by atoms with van der Waals surface area (Å²) in [5, 5.41) is 12.1. The van der Waals surface area contributed by atoms with Crippen LogP contribution in [0.3, 0.4) is 0 Å².